The Balaban J connectivity index is 1.96. The summed E-state index contributed by atoms with van der Waals surface area (Å²) in [6, 6.07) is 15.3. The molecule has 0 radical (unpaired) electrons. The van der Waals surface area contributed by atoms with Crippen molar-refractivity contribution in [1.82, 2.24) is 0 Å². The second-order valence-electron chi connectivity index (χ2n) is 4.93. The minimum absolute atomic E-state index is 0.334. The standard InChI is InChI=1S/C17H12N2O3/c1-11-7-9-12(10-8-11)15(20)14-16(21)17(22)19(18-14)13-5-3-2-4-6-13/h2-10H,1H3. The average Bonchev–Trinajstić information content (AvgIpc) is 2.84. The van der Waals surface area contributed by atoms with Gasteiger partial charge in [-0.05, 0) is 19.1 Å². The summed E-state index contributed by atoms with van der Waals surface area (Å²) in [4.78, 5) is 36.4. The van der Waals surface area contributed by atoms with Crippen molar-refractivity contribution in [1.29, 1.82) is 0 Å². The number of anilines is 1. The molecule has 1 aliphatic rings. The van der Waals surface area contributed by atoms with Crippen LogP contribution in [-0.4, -0.2) is 23.2 Å². The molecule has 1 heterocycles. The first kappa shape index (κ1) is 13.9. The zero-order chi connectivity index (χ0) is 15.7. The van der Waals surface area contributed by atoms with Crippen molar-refractivity contribution in [2.45, 2.75) is 6.92 Å². The smallest absolute Gasteiger partial charge is 0.287 e. The van der Waals surface area contributed by atoms with Gasteiger partial charge in [0, 0.05) is 5.56 Å². The Hall–Kier alpha value is -3.08. The summed E-state index contributed by atoms with van der Waals surface area (Å²) in [5.74, 6) is -2.24. The van der Waals surface area contributed by atoms with Crippen molar-refractivity contribution in [2.24, 2.45) is 5.10 Å². The first-order valence-corrected chi connectivity index (χ1v) is 6.72. The van der Waals surface area contributed by atoms with Crippen LogP contribution in [0, 0.1) is 6.92 Å². The van der Waals surface area contributed by atoms with Gasteiger partial charge in [0.2, 0.25) is 5.78 Å². The largest absolute Gasteiger partial charge is 0.321 e. The Morgan fingerprint density at radius 1 is 0.955 bits per heavy atom. The molecular weight excluding hydrogens is 280 g/mol. The molecule has 0 spiro atoms. The normalized spacial score (nSPS) is 14.2. The summed E-state index contributed by atoms with van der Waals surface area (Å²) in [6.45, 7) is 1.90. The molecule has 0 saturated heterocycles. The third-order valence-electron chi connectivity index (χ3n) is 3.33. The third-order valence-corrected chi connectivity index (χ3v) is 3.33. The molecule has 2 aromatic carbocycles. The van der Waals surface area contributed by atoms with Crippen LogP contribution >= 0.6 is 0 Å². The van der Waals surface area contributed by atoms with Gasteiger partial charge < -0.3 is 0 Å². The van der Waals surface area contributed by atoms with Crippen LogP contribution in [-0.2, 0) is 9.59 Å². The van der Waals surface area contributed by atoms with Gasteiger partial charge >= 0.3 is 5.91 Å². The Bertz CT molecular complexity index is 792. The Labute approximate surface area is 126 Å². The maximum absolute atomic E-state index is 12.4. The summed E-state index contributed by atoms with van der Waals surface area (Å²) in [7, 11) is 0. The Morgan fingerprint density at radius 2 is 1.59 bits per heavy atom. The average molecular weight is 292 g/mol. The van der Waals surface area contributed by atoms with E-state index in [4.69, 9.17) is 0 Å². The number of amides is 1. The van der Waals surface area contributed by atoms with Crippen LogP contribution in [0.5, 0.6) is 0 Å². The molecule has 0 unspecified atom stereocenters. The van der Waals surface area contributed by atoms with Gasteiger partial charge in [-0.2, -0.15) is 10.1 Å². The molecule has 0 bridgehead atoms. The maximum Gasteiger partial charge on any atom is 0.321 e. The number of hydrogen-bond acceptors (Lipinski definition) is 4. The number of Topliss-reactive ketones (excluding diaryl/α,β-unsaturated/α-hetero) is 2. The molecule has 2 aromatic rings. The minimum atomic E-state index is -0.880. The molecule has 0 atom stereocenters. The molecule has 108 valence electrons. The van der Waals surface area contributed by atoms with E-state index in [1.165, 1.54) is 0 Å². The van der Waals surface area contributed by atoms with Gasteiger partial charge in [0.15, 0.2) is 5.71 Å². The van der Waals surface area contributed by atoms with Gasteiger partial charge in [-0.25, -0.2) is 0 Å². The number of nitrogens with zero attached hydrogens (tertiary/aromatic N) is 2. The number of benzene rings is 2. The fourth-order valence-corrected chi connectivity index (χ4v) is 2.12. The number of hydrazone groups is 1. The molecular formula is C17H12N2O3. The van der Waals surface area contributed by atoms with Gasteiger partial charge in [-0.1, -0.05) is 48.0 Å². The van der Waals surface area contributed by atoms with Crippen LogP contribution in [0.2, 0.25) is 0 Å². The van der Waals surface area contributed by atoms with Crippen molar-refractivity contribution >= 4 is 28.9 Å². The zero-order valence-electron chi connectivity index (χ0n) is 11.8. The summed E-state index contributed by atoms with van der Waals surface area (Å²) >= 11 is 0. The predicted molar refractivity (Wildman–Crippen MR) is 81.9 cm³/mol. The van der Waals surface area contributed by atoms with E-state index in [0.29, 0.717) is 11.3 Å². The lowest BCUT2D eigenvalue weighted by Crippen LogP contribution is -2.29. The van der Waals surface area contributed by atoms with E-state index in [2.05, 4.69) is 5.10 Å². The minimum Gasteiger partial charge on any atom is -0.287 e. The number of carbonyl (C=O) groups is 3. The fraction of sp³-hybridized carbons (Fsp3) is 0.0588. The van der Waals surface area contributed by atoms with Crippen LogP contribution in [0.15, 0.2) is 59.7 Å². The molecule has 3 rings (SSSR count). The molecule has 0 aromatic heterocycles. The summed E-state index contributed by atoms with van der Waals surface area (Å²) in [6.07, 6.45) is 0. The lowest BCUT2D eigenvalue weighted by molar-refractivity contribution is -0.131. The molecule has 5 nitrogen and oxygen atoms in total. The van der Waals surface area contributed by atoms with E-state index in [9.17, 15) is 14.4 Å². The molecule has 22 heavy (non-hydrogen) atoms. The van der Waals surface area contributed by atoms with Crippen molar-refractivity contribution in [3.8, 4) is 0 Å². The molecule has 0 aliphatic carbocycles. The van der Waals surface area contributed by atoms with E-state index < -0.39 is 17.5 Å². The highest BCUT2D eigenvalue weighted by molar-refractivity contribution is 6.84. The lowest BCUT2D eigenvalue weighted by Gasteiger charge is -2.09. The number of para-hydroxylation sites is 1. The maximum atomic E-state index is 12.4. The summed E-state index contributed by atoms with van der Waals surface area (Å²) in [5, 5.41) is 4.88. The Morgan fingerprint density at radius 3 is 2.23 bits per heavy atom. The molecule has 5 heteroatoms. The fourth-order valence-electron chi connectivity index (χ4n) is 2.12. The zero-order valence-corrected chi connectivity index (χ0v) is 11.8. The number of ketones is 2. The van der Waals surface area contributed by atoms with Crippen molar-refractivity contribution in [2.75, 3.05) is 5.01 Å². The van der Waals surface area contributed by atoms with Gasteiger partial charge in [0.1, 0.15) is 0 Å². The topological polar surface area (TPSA) is 66.8 Å². The Kier molecular flexibility index (Phi) is 3.39. The van der Waals surface area contributed by atoms with Crippen molar-refractivity contribution < 1.29 is 14.4 Å². The SMILES string of the molecule is Cc1ccc(C(=O)C2=NN(c3ccccc3)C(=O)C2=O)cc1. The van der Waals surface area contributed by atoms with E-state index in [-0.39, 0.29) is 5.71 Å². The number of hydrogen-bond donors (Lipinski definition) is 0. The van der Waals surface area contributed by atoms with Gasteiger partial charge in [0.25, 0.3) is 5.78 Å². The van der Waals surface area contributed by atoms with Crippen LogP contribution in [0.25, 0.3) is 0 Å². The molecule has 0 N–H and O–H groups in total. The second-order valence-corrected chi connectivity index (χ2v) is 4.93. The monoisotopic (exact) mass is 292 g/mol. The third kappa shape index (κ3) is 2.33. The molecule has 0 saturated carbocycles. The van der Waals surface area contributed by atoms with Gasteiger partial charge in [0.05, 0.1) is 5.69 Å². The molecule has 1 aliphatic heterocycles. The number of carbonyl (C=O) groups excluding carboxylic acids is 3. The van der Waals surface area contributed by atoms with Crippen molar-refractivity contribution in [3.05, 3.63) is 65.7 Å². The van der Waals surface area contributed by atoms with Crippen molar-refractivity contribution in [3.63, 3.8) is 0 Å². The van der Waals surface area contributed by atoms with E-state index >= 15 is 0 Å². The van der Waals surface area contributed by atoms with Crippen LogP contribution < -0.4 is 5.01 Å². The summed E-state index contributed by atoms with van der Waals surface area (Å²) in [5.41, 5.74) is 1.43. The van der Waals surface area contributed by atoms with E-state index in [1.807, 2.05) is 6.92 Å². The first-order valence-electron chi connectivity index (χ1n) is 6.72. The highest BCUT2D eigenvalue weighted by atomic mass is 16.2. The van der Waals surface area contributed by atoms with Gasteiger partial charge in [-0.3, -0.25) is 14.4 Å². The highest BCUT2D eigenvalue weighted by Crippen LogP contribution is 2.19. The summed E-state index contributed by atoms with van der Waals surface area (Å²) < 4.78 is 0. The van der Waals surface area contributed by atoms with Crippen LogP contribution in [0.3, 0.4) is 0 Å². The predicted octanol–water partition coefficient (Wildman–Crippen LogP) is 2.15. The quantitative estimate of drug-likeness (QED) is 0.643. The molecule has 1 amide bonds. The van der Waals surface area contributed by atoms with Gasteiger partial charge in [-0.15, -0.1) is 0 Å². The van der Waals surface area contributed by atoms with Crippen LogP contribution in [0.4, 0.5) is 5.69 Å². The molecule has 0 fully saturated rings. The van der Waals surface area contributed by atoms with Crippen LogP contribution in [0.1, 0.15) is 15.9 Å². The van der Waals surface area contributed by atoms with E-state index in [1.54, 1.807) is 54.6 Å². The second kappa shape index (κ2) is 5.37. The number of rotatable bonds is 3. The lowest BCUT2D eigenvalue weighted by atomic mass is 10.0. The number of aryl methyl sites for hydroxylation is 1. The highest BCUT2D eigenvalue weighted by Gasteiger charge is 2.38. The van der Waals surface area contributed by atoms with E-state index in [0.717, 1.165) is 10.6 Å². The first-order chi connectivity index (χ1) is 10.6.